The summed E-state index contributed by atoms with van der Waals surface area (Å²) in [5.41, 5.74) is 1.23. The van der Waals surface area contributed by atoms with Crippen LogP contribution in [0, 0.1) is 5.92 Å². The molecule has 0 radical (unpaired) electrons. The number of hydrogen-bond donors (Lipinski definition) is 1. The van der Waals surface area contributed by atoms with Crippen LogP contribution in [0.3, 0.4) is 0 Å². The van der Waals surface area contributed by atoms with E-state index in [1.165, 1.54) is 6.33 Å². The van der Waals surface area contributed by atoms with Gasteiger partial charge >= 0.3 is 0 Å². The highest BCUT2D eigenvalue weighted by atomic mass is 35.5. The molecule has 1 aliphatic rings. The number of rotatable bonds is 7. The van der Waals surface area contributed by atoms with Gasteiger partial charge in [0.2, 0.25) is 5.91 Å². The van der Waals surface area contributed by atoms with Crippen molar-refractivity contribution in [2.45, 2.75) is 39.2 Å². The highest BCUT2D eigenvalue weighted by molar-refractivity contribution is 6.31. The third kappa shape index (κ3) is 4.24. The number of hydrogen-bond acceptors (Lipinski definition) is 6. The van der Waals surface area contributed by atoms with Gasteiger partial charge in [-0.3, -0.25) is 14.0 Å². The molecule has 0 aliphatic heterocycles. The summed E-state index contributed by atoms with van der Waals surface area (Å²) in [7, 11) is 0. The average molecular weight is 417 g/mol. The zero-order valence-electron chi connectivity index (χ0n) is 16.1. The van der Waals surface area contributed by atoms with Gasteiger partial charge in [-0.1, -0.05) is 25.4 Å². The van der Waals surface area contributed by atoms with Crippen molar-refractivity contribution in [1.82, 2.24) is 24.4 Å². The van der Waals surface area contributed by atoms with E-state index in [1.54, 1.807) is 22.7 Å². The maximum atomic E-state index is 12.6. The lowest BCUT2D eigenvalue weighted by atomic mass is 10.1. The van der Waals surface area contributed by atoms with Gasteiger partial charge in [0.15, 0.2) is 16.4 Å². The van der Waals surface area contributed by atoms with Gasteiger partial charge in [-0.05, 0) is 30.9 Å². The summed E-state index contributed by atoms with van der Waals surface area (Å²) in [6, 6.07) is 3.44. The van der Waals surface area contributed by atoms with Crippen molar-refractivity contribution in [2.75, 3.05) is 11.9 Å². The van der Waals surface area contributed by atoms with Crippen molar-refractivity contribution in [3.63, 3.8) is 0 Å². The van der Waals surface area contributed by atoms with E-state index < -0.39 is 11.5 Å². The van der Waals surface area contributed by atoms with Crippen molar-refractivity contribution >= 4 is 28.8 Å². The molecular formula is C19H21ClN6O3. The second-order valence-electron chi connectivity index (χ2n) is 7.46. The van der Waals surface area contributed by atoms with Gasteiger partial charge in [-0.15, -0.1) is 10.2 Å². The molecule has 1 aliphatic carbocycles. The van der Waals surface area contributed by atoms with Crippen LogP contribution in [0.15, 0.2) is 29.5 Å². The van der Waals surface area contributed by atoms with E-state index >= 15 is 0 Å². The van der Waals surface area contributed by atoms with Gasteiger partial charge in [0.05, 0.1) is 12.3 Å². The molecule has 0 unspecified atom stereocenters. The molecule has 0 bridgehead atoms. The smallest absolute Gasteiger partial charge is 0.289 e. The molecule has 0 atom stereocenters. The third-order valence-electron chi connectivity index (χ3n) is 4.66. The van der Waals surface area contributed by atoms with Gasteiger partial charge in [-0.25, -0.2) is 4.68 Å². The van der Waals surface area contributed by atoms with Crippen molar-refractivity contribution in [3.8, 4) is 5.75 Å². The van der Waals surface area contributed by atoms with Crippen molar-refractivity contribution < 1.29 is 9.53 Å². The summed E-state index contributed by atoms with van der Waals surface area (Å²) in [6.07, 6.45) is 5.47. The van der Waals surface area contributed by atoms with Crippen LogP contribution in [0.5, 0.6) is 5.75 Å². The molecule has 0 saturated heterocycles. The highest BCUT2D eigenvalue weighted by Gasteiger charge is 2.26. The lowest BCUT2D eigenvalue weighted by molar-refractivity contribution is -0.117. The van der Waals surface area contributed by atoms with Crippen LogP contribution < -0.4 is 15.6 Å². The predicted octanol–water partition coefficient (Wildman–Crippen LogP) is 2.49. The Bertz CT molecular complexity index is 1120. The van der Waals surface area contributed by atoms with Gasteiger partial charge in [-0.2, -0.15) is 5.10 Å². The number of anilines is 1. The van der Waals surface area contributed by atoms with E-state index in [0.29, 0.717) is 35.3 Å². The van der Waals surface area contributed by atoms with Crippen LogP contribution in [-0.4, -0.2) is 36.9 Å². The third-order valence-corrected chi connectivity index (χ3v) is 4.99. The normalized spacial score (nSPS) is 13.8. The molecule has 29 heavy (non-hydrogen) atoms. The predicted molar refractivity (Wildman–Crippen MR) is 107 cm³/mol. The topological polar surface area (TPSA) is 103 Å². The van der Waals surface area contributed by atoms with E-state index in [2.05, 4.69) is 20.6 Å². The molecule has 3 aromatic rings. The first-order valence-electron chi connectivity index (χ1n) is 9.45. The van der Waals surface area contributed by atoms with Gasteiger partial charge in [0.25, 0.3) is 5.56 Å². The second kappa shape index (κ2) is 7.82. The van der Waals surface area contributed by atoms with E-state index in [1.807, 2.05) is 13.8 Å². The van der Waals surface area contributed by atoms with E-state index in [-0.39, 0.29) is 17.5 Å². The molecule has 152 valence electrons. The molecule has 1 amide bonds. The number of nitrogens with one attached hydrogen (secondary N) is 1. The largest absolute Gasteiger partial charge is 0.490 e. The molecule has 0 aromatic carbocycles. The second-order valence-corrected chi connectivity index (χ2v) is 7.84. The van der Waals surface area contributed by atoms with Gasteiger partial charge in [0.1, 0.15) is 18.6 Å². The molecule has 4 rings (SSSR count). The molecular weight excluding hydrogens is 396 g/mol. The summed E-state index contributed by atoms with van der Waals surface area (Å²) in [5.74, 6) is 0.424. The Morgan fingerprint density at radius 3 is 2.90 bits per heavy atom. The number of pyridine rings is 1. The number of ether oxygens (including phenoxy) is 1. The summed E-state index contributed by atoms with van der Waals surface area (Å²) in [4.78, 5) is 25.1. The fourth-order valence-electron chi connectivity index (χ4n) is 2.89. The fraction of sp³-hybridized carbons (Fsp3) is 0.421. The first kappa shape index (κ1) is 19.4. The van der Waals surface area contributed by atoms with Gasteiger partial charge < -0.3 is 10.1 Å². The molecule has 1 N–H and O–H groups in total. The minimum Gasteiger partial charge on any atom is -0.490 e. The van der Waals surface area contributed by atoms with Crippen LogP contribution in [0.2, 0.25) is 5.02 Å². The Morgan fingerprint density at radius 1 is 1.38 bits per heavy atom. The Hall–Kier alpha value is -2.94. The number of nitrogens with zero attached hydrogens (tertiary/aromatic N) is 5. The SMILES string of the molecule is CC(C)c1nn(CC(=O)Nc2ccc3nncn3c2)c(=O)c(Cl)c1OCC1CC1. The standard InChI is InChI=1S/C19H21ClN6O3/c1-11(2)17-18(29-9-12-3-4-12)16(20)19(28)26(24-17)8-15(27)22-13-5-6-14-23-21-10-25(14)7-13/h5-7,10-12H,3-4,8-9H2,1-2H3,(H,22,27). The van der Waals surface area contributed by atoms with Crippen molar-refractivity contribution in [1.29, 1.82) is 0 Å². The van der Waals surface area contributed by atoms with E-state index in [9.17, 15) is 9.59 Å². The first-order chi connectivity index (χ1) is 13.9. The van der Waals surface area contributed by atoms with Crippen molar-refractivity contribution in [3.05, 3.63) is 45.7 Å². The Balaban J connectivity index is 1.55. The number of fused-ring (bicyclic) bond motifs is 1. The molecule has 10 heteroatoms. The lowest BCUT2D eigenvalue weighted by Crippen LogP contribution is -2.31. The Morgan fingerprint density at radius 2 is 2.17 bits per heavy atom. The lowest BCUT2D eigenvalue weighted by Gasteiger charge is -2.16. The summed E-state index contributed by atoms with van der Waals surface area (Å²) >= 11 is 6.30. The summed E-state index contributed by atoms with van der Waals surface area (Å²) in [6.45, 7) is 4.13. The summed E-state index contributed by atoms with van der Waals surface area (Å²) in [5, 5.41) is 14.8. The minimum atomic E-state index is -0.550. The van der Waals surface area contributed by atoms with Gasteiger partial charge in [0, 0.05) is 12.1 Å². The van der Waals surface area contributed by atoms with E-state index in [0.717, 1.165) is 17.5 Å². The van der Waals surface area contributed by atoms with Crippen LogP contribution in [0.25, 0.3) is 5.65 Å². The molecule has 3 aromatic heterocycles. The average Bonchev–Trinajstić information content (AvgIpc) is 3.39. The van der Waals surface area contributed by atoms with Crippen LogP contribution in [0.1, 0.15) is 38.3 Å². The van der Waals surface area contributed by atoms with E-state index in [4.69, 9.17) is 16.3 Å². The minimum absolute atomic E-state index is 0.0206. The number of carbonyl (C=O) groups excluding carboxylic acids is 1. The molecule has 1 saturated carbocycles. The summed E-state index contributed by atoms with van der Waals surface area (Å²) < 4.78 is 8.56. The zero-order chi connectivity index (χ0) is 20.5. The number of carbonyl (C=O) groups is 1. The quantitative estimate of drug-likeness (QED) is 0.634. The Kier molecular flexibility index (Phi) is 5.23. The zero-order valence-corrected chi connectivity index (χ0v) is 16.9. The Labute approximate surface area is 171 Å². The monoisotopic (exact) mass is 416 g/mol. The van der Waals surface area contributed by atoms with Crippen LogP contribution in [-0.2, 0) is 11.3 Å². The number of amides is 1. The molecule has 0 spiro atoms. The molecule has 1 fully saturated rings. The number of halogens is 1. The first-order valence-corrected chi connectivity index (χ1v) is 9.82. The molecule has 3 heterocycles. The maximum Gasteiger partial charge on any atom is 0.289 e. The molecule has 9 nitrogen and oxygen atoms in total. The van der Waals surface area contributed by atoms with Crippen LogP contribution >= 0.6 is 11.6 Å². The van der Waals surface area contributed by atoms with Crippen molar-refractivity contribution in [2.24, 2.45) is 5.92 Å². The maximum absolute atomic E-state index is 12.6. The highest BCUT2D eigenvalue weighted by Crippen LogP contribution is 2.33. The van der Waals surface area contributed by atoms with Crippen LogP contribution in [0.4, 0.5) is 5.69 Å². The fourth-order valence-corrected chi connectivity index (χ4v) is 3.14. The number of aromatic nitrogens is 5.